The van der Waals surface area contributed by atoms with Crippen LogP contribution in [0.4, 0.5) is 17.1 Å². The Morgan fingerprint density at radius 2 is 1.65 bits per heavy atom. The topological polar surface area (TPSA) is 88.1 Å². The Labute approximate surface area is 285 Å². The molecule has 7 rings (SSSR count). The number of methoxy groups -OCH3 is 1. The number of allylic oxidation sites excluding steroid dienone is 1. The Bertz CT molecular complexity index is 1870. The first-order valence-corrected chi connectivity index (χ1v) is 16.7. The molecule has 2 aliphatic heterocycles. The van der Waals surface area contributed by atoms with Gasteiger partial charge in [0.25, 0.3) is 0 Å². The van der Waals surface area contributed by atoms with Crippen molar-refractivity contribution in [3.05, 3.63) is 130 Å². The molecule has 1 aliphatic carbocycles. The van der Waals surface area contributed by atoms with Crippen LogP contribution >= 0.6 is 11.6 Å². The predicted octanol–water partition coefficient (Wildman–Crippen LogP) is 8.28. The summed E-state index contributed by atoms with van der Waals surface area (Å²) in [6.45, 7) is 0.774. The summed E-state index contributed by atoms with van der Waals surface area (Å²) >= 11 is 6.49. The quantitative estimate of drug-likeness (QED) is 0.101. The van der Waals surface area contributed by atoms with Gasteiger partial charge in [0.2, 0.25) is 11.8 Å². The highest BCUT2D eigenvalue weighted by Crippen LogP contribution is 2.51. The number of ether oxygens (including phenoxy) is 2. The fraction of sp³-hybridized carbons (Fsp3) is 0.250. The van der Waals surface area contributed by atoms with Crippen molar-refractivity contribution >= 4 is 52.1 Å². The van der Waals surface area contributed by atoms with E-state index in [1.54, 1.807) is 19.2 Å². The molecule has 4 aromatic rings. The van der Waals surface area contributed by atoms with Gasteiger partial charge >= 0.3 is 0 Å². The van der Waals surface area contributed by atoms with Crippen LogP contribution in [-0.4, -0.2) is 43.3 Å². The average molecular weight is 661 g/mol. The van der Waals surface area contributed by atoms with Crippen LogP contribution in [0, 0.1) is 17.8 Å². The van der Waals surface area contributed by atoms with Gasteiger partial charge in [0.15, 0.2) is 0 Å². The van der Waals surface area contributed by atoms with Crippen LogP contribution in [0.5, 0.6) is 5.75 Å². The minimum Gasteiger partial charge on any atom is -0.508 e. The SMILES string of the molecule is COCC1=C2[C@@H](CC/C(=C/c3ccc(O)cc3Cl)c3ccccc3)OC[C@@H]2[C@@H]2C(=O)N(c3ccc(Nc4ccccc4)cc3)C(=O)[C@@H]2C1. The fourth-order valence-corrected chi connectivity index (χ4v) is 7.71. The fourth-order valence-electron chi connectivity index (χ4n) is 7.48. The molecule has 0 spiro atoms. The zero-order valence-corrected chi connectivity index (χ0v) is 27.4. The summed E-state index contributed by atoms with van der Waals surface area (Å²) in [6, 6.07) is 32.4. The number of nitrogens with one attached hydrogen (secondary N) is 1. The third kappa shape index (κ3) is 6.29. The van der Waals surface area contributed by atoms with Crippen molar-refractivity contribution in [2.45, 2.75) is 25.4 Å². The van der Waals surface area contributed by atoms with E-state index in [-0.39, 0.29) is 29.6 Å². The van der Waals surface area contributed by atoms with Gasteiger partial charge in [0.1, 0.15) is 5.75 Å². The van der Waals surface area contributed by atoms with Gasteiger partial charge in [-0.05, 0) is 108 Å². The van der Waals surface area contributed by atoms with Crippen molar-refractivity contribution in [3.63, 3.8) is 0 Å². The highest BCUT2D eigenvalue weighted by Gasteiger charge is 2.57. The third-order valence-corrected chi connectivity index (χ3v) is 9.98. The lowest BCUT2D eigenvalue weighted by atomic mass is 9.69. The maximum Gasteiger partial charge on any atom is 0.238 e. The third-order valence-electron chi connectivity index (χ3n) is 9.65. The van der Waals surface area contributed by atoms with Crippen LogP contribution in [-0.2, 0) is 19.1 Å². The Morgan fingerprint density at radius 1 is 0.938 bits per heavy atom. The van der Waals surface area contributed by atoms with E-state index >= 15 is 0 Å². The lowest BCUT2D eigenvalue weighted by Crippen LogP contribution is -2.35. The number of hydrogen-bond acceptors (Lipinski definition) is 6. The maximum absolute atomic E-state index is 14.1. The number of rotatable bonds is 10. The molecule has 244 valence electrons. The van der Waals surface area contributed by atoms with E-state index in [2.05, 4.69) is 23.5 Å². The molecule has 2 heterocycles. The van der Waals surface area contributed by atoms with Crippen LogP contribution < -0.4 is 10.2 Å². The minimum absolute atomic E-state index is 0.118. The molecule has 2 amide bonds. The zero-order chi connectivity index (χ0) is 33.2. The van der Waals surface area contributed by atoms with E-state index in [9.17, 15) is 14.7 Å². The van der Waals surface area contributed by atoms with E-state index in [4.69, 9.17) is 21.1 Å². The Hall–Kier alpha value is -4.69. The van der Waals surface area contributed by atoms with Crippen LogP contribution in [0.15, 0.2) is 114 Å². The molecule has 4 aromatic carbocycles. The largest absolute Gasteiger partial charge is 0.508 e. The van der Waals surface area contributed by atoms with Gasteiger partial charge < -0.3 is 19.9 Å². The monoisotopic (exact) mass is 660 g/mol. The van der Waals surface area contributed by atoms with Crippen molar-refractivity contribution in [3.8, 4) is 5.75 Å². The van der Waals surface area contributed by atoms with E-state index < -0.39 is 11.8 Å². The Balaban J connectivity index is 1.12. The van der Waals surface area contributed by atoms with Gasteiger partial charge in [-0.25, -0.2) is 0 Å². The second kappa shape index (κ2) is 13.8. The number of para-hydroxylation sites is 1. The van der Waals surface area contributed by atoms with Crippen LogP contribution in [0.2, 0.25) is 5.02 Å². The predicted molar refractivity (Wildman–Crippen MR) is 189 cm³/mol. The first-order valence-electron chi connectivity index (χ1n) is 16.3. The van der Waals surface area contributed by atoms with Gasteiger partial charge in [0.05, 0.1) is 41.9 Å². The zero-order valence-electron chi connectivity index (χ0n) is 26.6. The molecule has 0 bridgehead atoms. The first-order chi connectivity index (χ1) is 23.4. The molecular weight excluding hydrogens is 624 g/mol. The number of anilines is 3. The number of benzene rings is 4. The molecule has 4 atom stereocenters. The molecule has 48 heavy (non-hydrogen) atoms. The van der Waals surface area contributed by atoms with Crippen molar-refractivity contribution in [1.29, 1.82) is 0 Å². The summed E-state index contributed by atoms with van der Waals surface area (Å²) in [5.41, 5.74) is 7.55. The number of phenols is 1. The summed E-state index contributed by atoms with van der Waals surface area (Å²) in [5.74, 6) is -1.31. The number of hydrogen-bond donors (Lipinski definition) is 2. The summed E-state index contributed by atoms with van der Waals surface area (Å²) in [7, 11) is 1.66. The van der Waals surface area contributed by atoms with Gasteiger partial charge in [-0.3, -0.25) is 14.5 Å². The highest BCUT2D eigenvalue weighted by atomic mass is 35.5. The molecule has 0 unspecified atom stereocenters. The Kier molecular flexibility index (Phi) is 9.17. The van der Waals surface area contributed by atoms with Gasteiger partial charge in [-0.2, -0.15) is 0 Å². The second-order valence-electron chi connectivity index (χ2n) is 12.6. The van der Waals surface area contributed by atoms with Crippen LogP contribution in [0.3, 0.4) is 0 Å². The Morgan fingerprint density at radius 3 is 2.35 bits per heavy atom. The minimum atomic E-state index is -0.472. The van der Waals surface area contributed by atoms with E-state index in [0.29, 0.717) is 43.2 Å². The standard InChI is InChI=1S/C40H37ClN2O5/c1-47-23-28-21-33-38(40(46)43(39(33)45)31-16-14-30(15-17-31)42-29-10-6-3-7-11-29)34-24-48-36(37(28)34)19-13-26(25-8-4-2-5-9-25)20-27-12-18-32(44)22-35(27)41/h2-12,14-18,20,22,33-34,36,38,42,44H,13,19,21,23-24H2,1H3/b26-20-/t33-,34+,36-,38-/m1/s1. The average Bonchev–Trinajstić information content (AvgIpc) is 3.63. The van der Waals surface area contributed by atoms with Crippen molar-refractivity contribution < 1.29 is 24.2 Å². The molecule has 8 heteroatoms. The lowest BCUT2D eigenvalue weighted by molar-refractivity contribution is -0.122. The highest BCUT2D eigenvalue weighted by molar-refractivity contribution is 6.32. The molecule has 2 fully saturated rings. The van der Waals surface area contributed by atoms with Crippen molar-refractivity contribution in [2.24, 2.45) is 17.8 Å². The number of fused-ring (bicyclic) bond motifs is 3. The number of carbonyl (C=O) groups is 2. The molecule has 3 aliphatic rings. The summed E-state index contributed by atoms with van der Waals surface area (Å²) in [6.07, 6.45) is 3.71. The number of imide groups is 1. The van der Waals surface area contributed by atoms with Gasteiger partial charge in [-0.1, -0.05) is 60.1 Å². The number of aromatic hydroxyl groups is 1. The molecule has 0 saturated carbocycles. The smallest absolute Gasteiger partial charge is 0.238 e. The maximum atomic E-state index is 14.1. The molecule has 0 radical (unpaired) electrons. The van der Waals surface area contributed by atoms with Crippen molar-refractivity contribution in [2.75, 3.05) is 30.5 Å². The normalized spacial score (nSPS) is 22.2. The van der Waals surface area contributed by atoms with E-state index in [0.717, 1.165) is 39.2 Å². The summed E-state index contributed by atoms with van der Waals surface area (Å²) in [5, 5.41) is 13.7. The molecule has 7 nitrogen and oxygen atoms in total. The number of carbonyl (C=O) groups excluding carboxylic acids is 2. The van der Waals surface area contributed by atoms with Crippen LogP contribution in [0.25, 0.3) is 11.6 Å². The number of amides is 2. The van der Waals surface area contributed by atoms with Gasteiger partial charge in [-0.15, -0.1) is 0 Å². The number of halogens is 1. The number of phenolic OH excluding ortho intramolecular Hbond substituents is 1. The van der Waals surface area contributed by atoms with E-state index in [1.165, 1.54) is 4.90 Å². The molecule has 2 saturated heterocycles. The molecule has 0 aromatic heterocycles. The van der Waals surface area contributed by atoms with E-state index in [1.807, 2.05) is 78.9 Å². The van der Waals surface area contributed by atoms with Crippen molar-refractivity contribution in [1.82, 2.24) is 0 Å². The summed E-state index contributed by atoms with van der Waals surface area (Å²) < 4.78 is 12.1. The number of nitrogens with zero attached hydrogens (tertiary/aromatic N) is 1. The second-order valence-corrected chi connectivity index (χ2v) is 13.0. The summed E-state index contributed by atoms with van der Waals surface area (Å²) in [4.78, 5) is 29.4. The van der Waals surface area contributed by atoms with Crippen LogP contribution in [0.1, 0.15) is 30.4 Å². The molecular formula is C40H37ClN2O5. The van der Waals surface area contributed by atoms with Gasteiger partial charge in [0, 0.05) is 24.4 Å². The lowest BCUT2D eigenvalue weighted by Gasteiger charge is -2.31. The molecule has 2 N–H and O–H groups in total. The first kappa shape index (κ1) is 31.9.